The number of hydrogen-bond acceptors (Lipinski definition) is 2. The maximum Gasteiger partial charge on any atom is 0.223 e. The molecule has 4 heteroatoms. The van der Waals surface area contributed by atoms with Gasteiger partial charge in [0, 0.05) is 39.0 Å². The zero-order chi connectivity index (χ0) is 25.0. The molecule has 4 aliphatic rings. The average molecular weight is 501 g/mol. The van der Waals surface area contributed by atoms with Gasteiger partial charge in [-0.25, -0.2) is 0 Å². The third kappa shape index (κ3) is 9.35. The van der Waals surface area contributed by atoms with E-state index in [1.165, 1.54) is 128 Å². The molecule has 36 heavy (non-hydrogen) atoms. The Bertz CT molecular complexity index is 545. The fourth-order valence-electron chi connectivity index (χ4n) is 7.81. The summed E-state index contributed by atoms with van der Waals surface area (Å²) in [6.45, 7) is 3.77. The molecular weight excluding hydrogens is 444 g/mol. The van der Waals surface area contributed by atoms with Gasteiger partial charge >= 0.3 is 0 Å². The minimum atomic E-state index is 0.259. The molecule has 0 N–H and O–H groups in total. The zero-order valence-corrected chi connectivity index (χ0v) is 23.4. The van der Waals surface area contributed by atoms with Crippen LogP contribution in [0.2, 0.25) is 0 Å². The highest BCUT2D eigenvalue weighted by atomic mass is 16.2. The van der Waals surface area contributed by atoms with Crippen LogP contribution in [0.3, 0.4) is 0 Å². The molecule has 4 fully saturated rings. The average Bonchev–Trinajstić information content (AvgIpc) is 2.93. The predicted molar refractivity (Wildman–Crippen MR) is 149 cm³/mol. The third-order valence-corrected chi connectivity index (χ3v) is 10.1. The monoisotopic (exact) mass is 500 g/mol. The van der Waals surface area contributed by atoms with Gasteiger partial charge in [0.05, 0.1) is 0 Å². The Morgan fingerprint density at radius 2 is 0.611 bits per heavy atom. The van der Waals surface area contributed by atoms with Gasteiger partial charge in [-0.3, -0.25) is 9.59 Å². The topological polar surface area (TPSA) is 40.6 Å². The van der Waals surface area contributed by atoms with E-state index in [4.69, 9.17) is 0 Å². The fourth-order valence-corrected chi connectivity index (χ4v) is 7.81. The molecule has 0 aromatic rings. The largest absolute Gasteiger partial charge is 0.342 e. The first-order valence-electron chi connectivity index (χ1n) is 16.2. The number of hydrogen-bond donors (Lipinski definition) is 0. The van der Waals surface area contributed by atoms with Crippen LogP contribution in [0.15, 0.2) is 0 Å². The van der Waals surface area contributed by atoms with Crippen LogP contribution in [-0.4, -0.2) is 47.8 Å². The van der Waals surface area contributed by atoms with E-state index >= 15 is 0 Å². The van der Waals surface area contributed by atoms with Crippen LogP contribution in [0.25, 0.3) is 0 Å². The van der Waals surface area contributed by atoms with E-state index in [0.29, 0.717) is 36.5 Å². The van der Waals surface area contributed by atoms with Crippen LogP contribution in [0.5, 0.6) is 0 Å². The smallest absolute Gasteiger partial charge is 0.223 e. The molecule has 4 aliphatic carbocycles. The number of carbonyl (C=O) groups is 2. The van der Waals surface area contributed by atoms with Gasteiger partial charge in [0.1, 0.15) is 0 Å². The molecule has 4 saturated carbocycles. The summed E-state index contributed by atoms with van der Waals surface area (Å²) in [7, 11) is 0. The Morgan fingerprint density at radius 3 is 0.833 bits per heavy atom. The molecule has 0 spiro atoms. The lowest BCUT2D eigenvalue weighted by atomic mass is 9.86. The Kier molecular flexibility index (Phi) is 11.9. The Balaban J connectivity index is 1.32. The van der Waals surface area contributed by atoms with Crippen molar-refractivity contribution in [3.8, 4) is 0 Å². The summed E-state index contributed by atoms with van der Waals surface area (Å²) in [6.07, 6.45) is 27.1. The molecule has 0 aromatic carbocycles. The molecule has 0 radical (unpaired) electrons. The highest BCUT2D eigenvalue weighted by Crippen LogP contribution is 2.30. The van der Waals surface area contributed by atoms with Crippen molar-refractivity contribution in [1.29, 1.82) is 0 Å². The summed E-state index contributed by atoms with van der Waals surface area (Å²) in [5.74, 6) is 3.23. The Morgan fingerprint density at radius 1 is 0.389 bits per heavy atom. The van der Waals surface area contributed by atoms with Crippen molar-refractivity contribution >= 4 is 11.8 Å². The molecule has 0 atom stereocenters. The SMILES string of the molecule is O=C(CCC(=O)N(CC1CCCCC1)CC1CCCCC1)N(CC1CCCCC1)CC1CCCCC1. The summed E-state index contributed by atoms with van der Waals surface area (Å²) >= 11 is 0. The number of rotatable bonds is 11. The molecular formula is C32H56N2O2. The molecule has 206 valence electrons. The van der Waals surface area contributed by atoms with Crippen LogP contribution in [0.1, 0.15) is 141 Å². The van der Waals surface area contributed by atoms with Gasteiger partial charge in [-0.1, -0.05) is 77.0 Å². The third-order valence-electron chi connectivity index (χ3n) is 10.1. The van der Waals surface area contributed by atoms with Crippen LogP contribution < -0.4 is 0 Å². The van der Waals surface area contributed by atoms with Crippen molar-refractivity contribution in [3.05, 3.63) is 0 Å². The Labute approximate surface area is 222 Å². The lowest BCUT2D eigenvalue weighted by Crippen LogP contribution is -2.42. The van der Waals surface area contributed by atoms with Gasteiger partial charge in [0.25, 0.3) is 0 Å². The van der Waals surface area contributed by atoms with Gasteiger partial charge in [-0.05, 0) is 75.0 Å². The van der Waals surface area contributed by atoms with Crippen molar-refractivity contribution in [2.45, 2.75) is 141 Å². The van der Waals surface area contributed by atoms with Crippen LogP contribution in [0.4, 0.5) is 0 Å². The standard InChI is InChI=1S/C32H56N2O2/c35-31(33(23-27-13-5-1-6-14-27)24-28-15-7-2-8-16-28)21-22-32(36)34(25-29-17-9-3-10-18-29)26-30-19-11-4-12-20-30/h27-30H,1-26H2. The second-order valence-electron chi connectivity index (χ2n) is 13.1. The second-order valence-corrected chi connectivity index (χ2v) is 13.1. The first-order valence-corrected chi connectivity index (χ1v) is 16.2. The summed E-state index contributed by atoms with van der Waals surface area (Å²) in [4.78, 5) is 31.5. The van der Waals surface area contributed by atoms with E-state index in [-0.39, 0.29) is 11.8 Å². The molecule has 0 saturated heterocycles. The fraction of sp³-hybridized carbons (Fsp3) is 0.938. The number of carbonyl (C=O) groups excluding carboxylic acids is 2. The van der Waals surface area contributed by atoms with Gasteiger partial charge in [-0.2, -0.15) is 0 Å². The molecule has 0 unspecified atom stereocenters. The summed E-state index contributed by atoms with van der Waals surface area (Å²) in [5, 5.41) is 0. The highest BCUT2D eigenvalue weighted by Gasteiger charge is 2.28. The first kappa shape index (κ1) is 28.0. The van der Waals surface area contributed by atoms with Gasteiger partial charge in [-0.15, -0.1) is 0 Å². The van der Waals surface area contributed by atoms with Crippen molar-refractivity contribution in [2.24, 2.45) is 23.7 Å². The van der Waals surface area contributed by atoms with E-state index in [0.717, 1.165) is 26.2 Å². The molecule has 0 heterocycles. The minimum absolute atomic E-state index is 0.259. The summed E-state index contributed by atoms with van der Waals surface area (Å²) in [5.41, 5.74) is 0. The van der Waals surface area contributed by atoms with Crippen LogP contribution in [0, 0.1) is 23.7 Å². The van der Waals surface area contributed by atoms with Crippen molar-refractivity contribution in [1.82, 2.24) is 9.80 Å². The Hall–Kier alpha value is -1.06. The maximum atomic E-state index is 13.6. The minimum Gasteiger partial charge on any atom is -0.342 e. The molecule has 0 aliphatic heterocycles. The molecule has 4 rings (SSSR count). The first-order chi connectivity index (χ1) is 17.7. The normalized spacial score (nSPS) is 23.4. The molecule has 0 aromatic heterocycles. The summed E-state index contributed by atoms with van der Waals surface area (Å²) in [6, 6.07) is 0. The number of nitrogens with zero attached hydrogens (tertiary/aromatic N) is 2. The van der Waals surface area contributed by atoms with E-state index in [1.807, 2.05) is 0 Å². The van der Waals surface area contributed by atoms with Gasteiger partial charge in [0.2, 0.25) is 11.8 Å². The van der Waals surface area contributed by atoms with E-state index in [9.17, 15) is 9.59 Å². The maximum absolute atomic E-state index is 13.6. The number of amides is 2. The van der Waals surface area contributed by atoms with Crippen LogP contribution in [-0.2, 0) is 9.59 Å². The van der Waals surface area contributed by atoms with Gasteiger partial charge in [0.15, 0.2) is 0 Å². The van der Waals surface area contributed by atoms with Gasteiger partial charge < -0.3 is 9.80 Å². The molecule has 0 bridgehead atoms. The summed E-state index contributed by atoms with van der Waals surface area (Å²) < 4.78 is 0. The molecule has 2 amide bonds. The van der Waals surface area contributed by atoms with E-state index < -0.39 is 0 Å². The lowest BCUT2D eigenvalue weighted by molar-refractivity contribution is -0.138. The molecule has 4 nitrogen and oxygen atoms in total. The van der Waals surface area contributed by atoms with E-state index in [1.54, 1.807) is 0 Å². The quantitative estimate of drug-likeness (QED) is 0.291. The van der Waals surface area contributed by atoms with Crippen molar-refractivity contribution in [2.75, 3.05) is 26.2 Å². The lowest BCUT2D eigenvalue weighted by Gasteiger charge is -2.35. The van der Waals surface area contributed by atoms with Crippen molar-refractivity contribution in [3.63, 3.8) is 0 Å². The second kappa shape index (κ2) is 15.4. The predicted octanol–water partition coefficient (Wildman–Crippen LogP) is 7.75. The zero-order valence-electron chi connectivity index (χ0n) is 23.4. The highest BCUT2D eigenvalue weighted by molar-refractivity contribution is 5.84. The van der Waals surface area contributed by atoms with Crippen molar-refractivity contribution < 1.29 is 9.59 Å². The van der Waals surface area contributed by atoms with E-state index in [2.05, 4.69) is 9.80 Å². The van der Waals surface area contributed by atoms with Crippen LogP contribution >= 0.6 is 0 Å².